The van der Waals surface area contributed by atoms with Crippen LogP contribution in [0, 0.1) is 13.8 Å². The molecule has 1 heterocycles. The van der Waals surface area contributed by atoms with Crippen LogP contribution in [0.15, 0.2) is 29.1 Å². The predicted molar refractivity (Wildman–Crippen MR) is 90.8 cm³/mol. The van der Waals surface area contributed by atoms with Crippen molar-refractivity contribution >= 4 is 17.5 Å². The number of nitrogens with one attached hydrogen (secondary N) is 2. The molecule has 1 aromatic carbocycles. The van der Waals surface area contributed by atoms with E-state index < -0.39 is 0 Å². The average molecular weight is 334 g/mol. The number of hydrogen-bond donors (Lipinski definition) is 2. The van der Waals surface area contributed by atoms with E-state index in [-0.39, 0.29) is 23.9 Å². The number of carbonyl (C=O) groups excluding carboxylic acids is 1. The van der Waals surface area contributed by atoms with Crippen LogP contribution in [-0.4, -0.2) is 21.9 Å². The van der Waals surface area contributed by atoms with Crippen LogP contribution in [0.4, 0.5) is 0 Å². The van der Waals surface area contributed by atoms with Crippen molar-refractivity contribution in [1.82, 2.24) is 15.3 Å². The number of carbonyl (C=O) groups is 1. The van der Waals surface area contributed by atoms with Crippen LogP contribution in [0.25, 0.3) is 0 Å². The van der Waals surface area contributed by atoms with Crippen LogP contribution >= 0.6 is 11.6 Å². The molecular formula is C17H20ClN3O2. The Kier molecular flexibility index (Phi) is 5.55. The molecule has 1 aromatic heterocycles. The van der Waals surface area contributed by atoms with E-state index >= 15 is 0 Å². The van der Waals surface area contributed by atoms with Crippen molar-refractivity contribution in [1.29, 1.82) is 0 Å². The number of H-pyrrole nitrogens is 1. The zero-order valence-corrected chi connectivity index (χ0v) is 14.2. The number of halogens is 1. The lowest BCUT2D eigenvalue weighted by atomic mass is 10.1. The Labute approximate surface area is 140 Å². The van der Waals surface area contributed by atoms with Crippen molar-refractivity contribution in [3.8, 4) is 0 Å². The molecule has 0 saturated carbocycles. The summed E-state index contributed by atoms with van der Waals surface area (Å²) < 4.78 is 0. The van der Waals surface area contributed by atoms with Gasteiger partial charge in [-0.05, 0) is 44.9 Å². The number of benzene rings is 1. The van der Waals surface area contributed by atoms with Crippen LogP contribution in [0.2, 0.25) is 5.02 Å². The molecule has 6 heteroatoms. The summed E-state index contributed by atoms with van der Waals surface area (Å²) in [6.45, 7) is 5.38. The second-order valence-electron chi connectivity index (χ2n) is 5.69. The molecule has 5 nitrogen and oxygen atoms in total. The molecular weight excluding hydrogens is 314 g/mol. The molecule has 0 bridgehead atoms. The molecule has 0 fully saturated rings. The number of aromatic amines is 1. The van der Waals surface area contributed by atoms with Gasteiger partial charge in [0.2, 0.25) is 5.91 Å². The summed E-state index contributed by atoms with van der Waals surface area (Å²) in [5.41, 5.74) is 1.84. The molecule has 0 aliphatic carbocycles. The van der Waals surface area contributed by atoms with E-state index in [1.165, 1.54) is 0 Å². The smallest absolute Gasteiger partial charge is 0.254 e. The Bertz CT molecular complexity index is 753. The number of aryl methyl sites for hydroxylation is 2. The number of aromatic nitrogens is 2. The highest BCUT2D eigenvalue weighted by Crippen LogP contribution is 2.11. The molecule has 0 radical (unpaired) electrons. The number of nitrogens with zero attached hydrogens (tertiary/aromatic N) is 1. The van der Waals surface area contributed by atoms with Gasteiger partial charge in [0.1, 0.15) is 5.82 Å². The second kappa shape index (κ2) is 7.42. The second-order valence-corrected chi connectivity index (χ2v) is 6.13. The maximum atomic E-state index is 12.1. The first-order valence-corrected chi connectivity index (χ1v) is 7.83. The first-order chi connectivity index (χ1) is 10.8. The minimum atomic E-state index is -0.254. The van der Waals surface area contributed by atoms with Gasteiger partial charge in [0.15, 0.2) is 0 Å². The largest absolute Gasteiger partial charge is 0.353 e. The van der Waals surface area contributed by atoms with E-state index in [1.807, 2.05) is 31.2 Å². The molecule has 1 amide bonds. The Morgan fingerprint density at radius 3 is 2.57 bits per heavy atom. The molecule has 2 aromatic rings. The third-order valence-corrected chi connectivity index (χ3v) is 3.79. The van der Waals surface area contributed by atoms with Gasteiger partial charge in [-0.2, -0.15) is 0 Å². The standard InChI is InChI=1S/C17H20ClN3O2/c1-10(8-13-4-6-14(18)7-5-13)19-16(22)9-15-11(2)20-12(3)21-17(15)23/h4-7,10H,8-9H2,1-3H3,(H,19,22)(H,20,21,23)/t10-/m0/s1. The summed E-state index contributed by atoms with van der Waals surface area (Å²) in [6, 6.07) is 7.48. The first kappa shape index (κ1) is 17.2. The third kappa shape index (κ3) is 4.93. The minimum absolute atomic E-state index is 0.0272. The van der Waals surface area contributed by atoms with Gasteiger partial charge in [0.05, 0.1) is 6.42 Å². The monoisotopic (exact) mass is 333 g/mol. The van der Waals surface area contributed by atoms with Crippen molar-refractivity contribution in [2.45, 2.75) is 39.7 Å². The van der Waals surface area contributed by atoms with Crippen molar-refractivity contribution < 1.29 is 4.79 Å². The van der Waals surface area contributed by atoms with Gasteiger partial charge in [-0.15, -0.1) is 0 Å². The van der Waals surface area contributed by atoms with Crippen LogP contribution in [-0.2, 0) is 17.6 Å². The molecule has 0 saturated heterocycles. The fraction of sp³-hybridized carbons (Fsp3) is 0.353. The van der Waals surface area contributed by atoms with E-state index in [2.05, 4.69) is 15.3 Å². The maximum Gasteiger partial charge on any atom is 0.254 e. The van der Waals surface area contributed by atoms with Crippen LogP contribution in [0.3, 0.4) is 0 Å². The number of hydrogen-bond acceptors (Lipinski definition) is 3. The third-order valence-electron chi connectivity index (χ3n) is 3.54. The molecule has 0 spiro atoms. The lowest BCUT2D eigenvalue weighted by molar-refractivity contribution is -0.121. The van der Waals surface area contributed by atoms with Gasteiger partial charge in [-0.3, -0.25) is 9.59 Å². The normalized spacial score (nSPS) is 12.0. The number of rotatable bonds is 5. The van der Waals surface area contributed by atoms with E-state index in [1.54, 1.807) is 13.8 Å². The summed E-state index contributed by atoms with van der Waals surface area (Å²) in [5, 5.41) is 3.60. The van der Waals surface area contributed by atoms with Crippen molar-refractivity contribution in [2.75, 3.05) is 0 Å². The van der Waals surface area contributed by atoms with Gasteiger partial charge in [-0.1, -0.05) is 23.7 Å². The van der Waals surface area contributed by atoms with Crippen LogP contribution in [0.5, 0.6) is 0 Å². The Hall–Kier alpha value is -2.14. The van der Waals surface area contributed by atoms with Crippen molar-refractivity contribution in [3.63, 3.8) is 0 Å². The van der Waals surface area contributed by atoms with Crippen LogP contribution < -0.4 is 10.9 Å². The molecule has 122 valence electrons. The summed E-state index contributed by atoms with van der Waals surface area (Å²) in [7, 11) is 0. The molecule has 1 atom stereocenters. The molecule has 0 aliphatic rings. The molecule has 0 aliphatic heterocycles. The lowest BCUT2D eigenvalue weighted by Crippen LogP contribution is -2.36. The first-order valence-electron chi connectivity index (χ1n) is 7.45. The minimum Gasteiger partial charge on any atom is -0.353 e. The Morgan fingerprint density at radius 1 is 1.30 bits per heavy atom. The van der Waals surface area contributed by atoms with Crippen molar-refractivity contribution in [2.24, 2.45) is 0 Å². The van der Waals surface area contributed by atoms with E-state index in [0.29, 0.717) is 28.5 Å². The Morgan fingerprint density at radius 2 is 1.96 bits per heavy atom. The fourth-order valence-electron chi connectivity index (χ4n) is 2.47. The Balaban J connectivity index is 1.97. The fourth-order valence-corrected chi connectivity index (χ4v) is 2.60. The topological polar surface area (TPSA) is 74.8 Å². The van der Waals surface area contributed by atoms with E-state index in [4.69, 9.17) is 11.6 Å². The quantitative estimate of drug-likeness (QED) is 0.881. The summed E-state index contributed by atoms with van der Waals surface area (Å²) in [6.07, 6.45) is 0.726. The summed E-state index contributed by atoms with van der Waals surface area (Å²) in [5.74, 6) is 0.360. The average Bonchev–Trinajstić information content (AvgIpc) is 2.45. The molecule has 2 rings (SSSR count). The van der Waals surface area contributed by atoms with Gasteiger partial charge in [0.25, 0.3) is 5.56 Å². The molecule has 23 heavy (non-hydrogen) atoms. The van der Waals surface area contributed by atoms with E-state index in [0.717, 1.165) is 5.56 Å². The van der Waals surface area contributed by atoms with Crippen LogP contribution in [0.1, 0.15) is 29.6 Å². The lowest BCUT2D eigenvalue weighted by Gasteiger charge is -2.14. The zero-order valence-electron chi connectivity index (χ0n) is 13.4. The SMILES string of the molecule is Cc1nc(C)c(CC(=O)N[C@@H](C)Cc2ccc(Cl)cc2)c(=O)[nH]1. The summed E-state index contributed by atoms with van der Waals surface area (Å²) in [4.78, 5) is 30.9. The van der Waals surface area contributed by atoms with Gasteiger partial charge in [0, 0.05) is 22.3 Å². The van der Waals surface area contributed by atoms with Gasteiger partial charge < -0.3 is 10.3 Å². The summed E-state index contributed by atoms with van der Waals surface area (Å²) >= 11 is 5.86. The highest BCUT2D eigenvalue weighted by molar-refractivity contribution is 6.30. The maximum absolute atomic E-state index is 12.1. The highest BCUT2D eigenvalue weighted by atomic mass is 35.5. The van der Waals surface area contributed by atoms with Crippen molar-refractivity contribution in [3.05, 3.63) is 62.3 Å². The van der Waals surface area contributed by atoms with Gasteiger partial charge in [-0.25, -0.2) is 4.98 Å². The van der Waals surface area contributed by atoms with E-state index in [9.17, 15) is 9.59 Å². The van der Waals surface area contributed by atoms with Gasteiger partial charge >= 0.3 is 0 Å². The number of amides is 1. The molecule has 0 unspecified atom stereocenters. The molecule has 2 N–H and O–H groups in total. The zero-order chi connectivity index (χ0) is 17.0. The predicted octanol–water partition coefficient (Wildman–Crippen LogP) is 2.33. The highest BCUT2D eigenvalue weighted by Gasteiger charge is 2.14.